The van der Waals surface area contributed by atoms with Crippen LogP contribution in [0.15, 0.2) is 0 Å². The van der Waals surface area contributed by atoms with Crippen LogP contribution in [0, 0.1) is 0 Å². The van der Waals surface area contributed by atoms with E-state index in [1.54, 1.807) is 0 Å². The molecular formula is C7H13FO2S. The van der Waals surface area contributed by atoms with Gasteiger partial charge in [0.25, 0.3) is 0 Å². The normalized spacial score (nSPS) is 9.91. The molecule has 0 amide bonds. The van der Waals surface area contributed by atoms with Crippen molar-refractivity contribution in [2.45, 2.75) is 19.3 Å². The number of unbranched alkanes of at least 4 members (excludes halogenated alkanes) is 1. The van der Waals surface area contributed by atoms with Gasteiger partial charge in [0.05, 0.1) is 6.67 Å². The highest BCUT2D eigenvalue weighted by Gasteiger charge is 1.95. The largest absolute Gasteiger partial charge is 0.481 e. The molecule has 66 valence electrons. The van der Waals surface area contributed by atoms with E-state index < -0.39 is 5.97 Å². The molecule has 0 aromatic rings. The van der Waals surface area contributed by atoms with Crippen LogP contribution in [0.4, 0.5) is 4.39 Å². The molecule has 0 fully saturated rings. The van der Waals surface area contributed by atoms with Gasteiger partial charge < -0.3 is 5.11 Å². The molecule has 0 aromatic heterocycles. The number of aliphatic carboxylic acids is 1. The van der Waals surface area contributed by atoms with Crippen molar-refractivity contribution in [3.63, 3.8) is 0 Å². The molecule has 0 heterocycles. The number of carboxylic acid groups (broad SMARTS) is 1. The van der Waals surface area contributed by atoms with Crippen molar-refractivity contribution in [1.29, 1.82) is 0 Å². The summed E-state index contributed by atoms with van der Waals surface area (Å²) in [4.78, 5) is 10.0. The summed E-state index contributed by atoms with van der Waals surface area (Å²) in [5.41, 5.74) is 0. The number of carboxylic acids is 1. The highest BCUT2D eigenvalue weighted by molar-refractivity contribution is 7.99. The Labute approximate surface area is 70.2 Å². The molecule has 11 heavy (non-hydrogen) atoms. The molecule has 0 radical (unpaired) electrons. The van der Waals surface area contributed by atoms with Crippen molar-refractivity contribution in [3.05, 3.63) is 0 Å². The predicted molar refractivity (Wildman–Crippen MR) is 44.8 cm³/mol. The molecule has 0 aliphatic carbocycles. The number of thioether (sulfide) groups is 1. The minimum absolute atomic E-state index is 0.232. The van der Waals surface area contributed by atoms with Crippen LogP contribution in [0.2, 0.25) is 0 Å². The standard InChI is InChI=1S/C7H13FO2S/c8-4-6-11-5-2-1-3-7(9)10/h1-6H2,(H,9,10). The lowest BCUT2D eigenvalue weighted by molar-refractivity contribution is -0.137. The molecule has 0 saturated carbocycles. The Kier molecular flexibility index (Phi) is 7.67. The Balaban J connectivity index is 2.85. The number of carbonyl (C=O) groups is 1. The van der Waals surface area contributed by atoms with Gasteiger partial charge in [-0.1, -0.05) is 0 Å². The Morgan fingerprint density at radius 2 is 2.09 bits per heavy atom. The van der Waals surface area contributed by atoms with Crippen LogP contribution in [-0.4, -0.2) is 29.3 Å². The topological polar surface area (TPSA) is 37.3 Å². The summed E-state index contributed by atoms with van der Waals surface area (Å²) in [5.74, 6) is 0.657. The van der Waals surface area contributed by atoms with Crippen molar-refractivity contribution in [1.82, 2.24) is 0 Å². The van der Waals surface area contributed by atoms with E-state index in [2.05, 4.69) is 0 Å². The van der Waals surface area contributed by atoms with Crippen molar-refractivity contribution in [2.24, 2.45) is 0 Å². The SMILES string of the molecule is O=C(O)CCCCSCCF. The summed E-state index contributed by atoms with van der Waals surface area (Å²) in [7, 11) is 0. The van der Waals surface area contributed by atoms with E-state index in [0.29, 0.717) is 12.2 Å². The summed E-state index contributed by atoms with van der Waals surface area (Å²) < 4.78 is 11.5. The van der Waals surface area contributed by atoms with E-state index in [0.717, 1.165) is 12.2 Å². The van der Waals surface area contributed by atoms with Crippen LogP contribution in [-0.2, 0) is 4.79 Å². The molecule has 0 bridgehead atoms. The van der Waals surface area contributed by atoms with E-state index in [9.17, 15) is 9.18 Å². The van der Waals surface area contributed by atoms with Gasteiger partial charge in [-0.25, -0.2) is 0 Å². The van der Waals surface area contributed by atoms with Gasteiger partial charge in [-0.3, -0.25) is 9.18 Å². The number of hydrogen-bond acceptors (Lipinski definition) is 2. The fourth-order valence-electron chi connectivity index (χ4n) is 0.637. The van der Waals surface area contributed by atoms with Crippen LogP contribution in [0.3, 0.4) is 0 Å². The van der Waals surface area contributed by atoms with Gasteiger partial charge in [0.15, 0.2) is 0 Å². The number of hydrogen-bond donors (Lipinski definition) is 1. The van der Waals surface area contributed by atoms with Gasteiger partial charge in [0.2, 0.25) is 0 Å². The van der Waals surface area contributed by atoms with Crippen molar-refractivity contribution >= 4 is 17.7 Å². The molecule has 0 aromatic carbocycles. The first-order valence-corrected chi connectivity index (χ1v) is 4.78. The van der Waals surface area contributed by atoms with Crippen LogP contribution in [0.5, 0.6) is 0 Å². The third-order valence-electron chi connectivity index (χ3n) is 1.15. The number of rotatable bonds is 7. The minimum atomic E-state index is -0.750. The first kappa shape index (κ1) is 10.8. The lowest BCUT2D eigenvalue weighted by Gasteiger charge is -1.96. The van der Waals surface area contributed by atoms with E-state index in [1.165, 1.54) is 11.8 Å². The van der Waals surface area contributed by atoms with Crippen molar-refractivity contribution in [3.8, 4) is 0 Å². The fourth-order valence-corrected chi connectivity index (χ4v) is 1.36. The molecule has 0 aliphatic heterocycles. The molecular weight excluding hydrogens is 167 g/mol. The molecule has 0 rings (SSSR count). The van der Waals surface area contributed by atoms with E-state index >= 15 is 0 Å². The monoisotopic (exact) mass is 180 g/mol. The summed E-state index contributed by atoms with van der Waals surface area (Å²) in [6.45, 7) is -0.288. The average Bonchev–Trinajstić information content (AvgIpc) is 1.96. The third kappa shape index (κ3) is 9.75. The quantitative estimate of drug-likeness (QED) is 0.608. The second kappa shape index (κ2) is 7.85. The van der Waals surface area contributed by atoms with Gasteiger partial charge in [-0.15, -0.1) is 0 Å². The first-order chi connectivity index (χ1) is 5.27. The Hall–Kier alpha value is -0.250. The maximum absolute atomic E-state index is 11.5. The first-order valence-electron chi connectivity index (χ1n) is 3.63. The molecule has 1 N–H and O–H groups in total. The van der Waals surface area contributed by atoms with E-state index in [-0.39, 0.29) is 13.1 Å². The van der Waals surface area contributed by atoms with E-state index in [1.807, 2.05) is 0 Å². The zero-order chi connectivity index (χ0) is 8.53. The lowest BCUT2D eigenvalue weighted by Crippen LogP contribution is -1.94. The molecule has 0 aliphatic rings. The maximum Gasteiger partial charge on any atom is 0.303 e. The van der Waals surface area contributed by atoms with Gasteiger partial charge in [0, 0.05) is 12.2 Å². The fraction of sp³-hybridized carbons (Fsp3) is 0.857. The zero-order valence-corrected chi connectivity index (χ0v) is 7.20. The Bertz CT molecular complexity index is 109. The van der Waals surface area contributed by atoms with Crippen molar-refractivity contribution < 1.29 is 14.3 Å². The maximum atomic E-state index is 11.5. The molecule has 4 heteroatoms. The van der Waals surface area contributed by atoms with Gasteiger partial charge in [-0.05, 0) is 18.6 Å². The van der Waals surface area contributed by atoms with Gasteiger partial charge in [0.1, 0.15) is 0 Å². The highest BCUT2D eigenvalue weighted by atomic mass is 32.2. The molecule has 0 saturated heterocycles. The smallest absolute Gasteiger partial charge is 0.303 e. The molecule has 0 atom stereocenters. The second-order valence-electron chi connectivity index (χ2n) is 2.15. The minimum Gasteiger partial charge on any atom is -0.481 e. The Morgan fingerprint density at radius 1 is 1.36 bits per heavy atom. The predicted octanol–water partition coefficient (Wildman–Crippen LogP) is 1.94. The Morgan fingerprint density at radius 3 is 2.64 bits per heavy atom. The summed E-state index contributed by atoms with van der Waals surface area (Å²) >= 11 is 1.54. The van der Waals surface area contributed by atoms with Crippen LogP contribution < -0.4 is 0 Å². The summed E-state index contributed by atoms with van der Waals surface area (Å²) in [5, 5.41) is 8.25. The molecule has 0 spiro atoms. The lowest BCUT2D eigenvalue weighted by atomic mass is 10.3. The van der Waals surface area contributed by atoms with Crippen LogP contribution >= 0.6 is 11.8 Å². The third-order valence-corrected chi connectivity index (χ3v) is 2.17. The number of alkyl halides is 1. The number of halogens is 1. The van der Waals surface area contributed by atoms with Crippen molar-refractivity contribution in [2.75, 3.05) is 18.2 Å². The van der Waals surface area contributed by atoms with Gasteiger partial charge in [-0.2, -0.15) is 11.8 Å². The molecule has 2 nitrogen and oxygen atoms in total. The zero-order valence-electron chi connectivity index (χ0n) is 6.38. The van der Waals surface area contributed by atoms with Crippen LogP contribution in [0.1, 0.15) is 19.3 Å². The van der Waals surface area contributed by atoms with E-state index in [4.69, 9.17) is 5.11 Å². The molecule has 0 unspecified atom stereocenters. The highest BCUT2D eigenvalue weighted by Crippen LogP contribution is 2.05. The van der Waals surface area contributed by atoms with Gasteiger partial charge >= 0.3 is 5.97 Å². The summed E-state index contributed by atoms with van der Waals surface area (Å²) in [6, 6.07) is 0. The summed E-state index contributed by atoms with van der Waals surface area (Å²) in [6.07, 6.45) is 1.81. The second-order valence-corrected chi connectivity index (χ2v) is 3.38. The average molecular weight is 180 g/mol. The van der Waals surface area contributed by atoms with Crippen LogP contribution in [0.25, 0.3) is 0 Å².